The monoisotopic (exact) mass is 286 g/mol. The van der Waals surface area contributed by atoms with Gasteiger partial charge in [-0.25, -0.2) is 0 Å². The second-order valence-electron chi connectivity index (χ2n) is 5.50. The first-order valence-corrected chi connectivity index (χ1v) is 7.21. The van der Waals surface area contributed by atoms with Crippen LogP contribution in [0.4, 0.5) is 0 Å². The number of carbonyl (C=O) groups excluding carboxylic acids is 1. The van der Waals surface area contributed by atoms with Gasteiger partial charge in [-0.05, 0) is 30.4 Å². The molecular weight excluding hydrogens is 268 g/mol. The molecule has 1 heterocycles. The molecule has 110 valence electrons. The van der Waals surface area contributed by atoms with E-state index >= 15 is 0 Å². The number of amides is 1. The van der Waals surface area contributed by atoms with Gasteiger partial charge in [0.2, 0.25) is 5.91 Å². The topological polar surface area (TPSA) is 71.3 Å². The first kappa shape index (κ1) is 13.7. The van der Waals surface area contributed by atoms with Crippen molar-refractivity contribution in [3.8, 4) is 0 Å². The van der Waals surface area contributed by atoms with Crippen LogP contribution < -0.4 is 5.32 Å². The normalized spacial score (nSPS) is 20.4. The molecule has 1 aliphatic carbocycles. The molecule has 5 nitrogen and oxygen atoms in total. The van der Waals surface area contributed by atoms with Crippen molar-refractivity contribution >= 4 is 22.8 Å². The van der Waals surface area contributed by atoms with Crippen molar-refractivity contribution in [2.75, 3.05) is 6.54 Å². The average molecular weight is 286 g/mol. The molecule has 0 aliphatic heterocycles. The Morgan fingerprint density at radius 2 is 2.05 bits per heavy atom. The number of para-hydroxylation sites is 1. The highest BCUT2D eigenvalue weighted by Gasteiger charge is 2.48. The number of aliphatic carboxylic acids is 1. The van der Waals surface area contributed by atoms with Crippen LogP contribution in [0.3, 0.4) is 0 Å². The van der Waals surface area contributed by atoms with Gasteiger partial charge >= 0.3 is 5.97 Å². The summed E-state index contributed by atoms with van der Waals surface area (Å²) in [7, 11) is 0. The molecule has 1 aliphatic rings. The summed E-state index contributed by atoms with van der Waals surface area (Å²) in [5.74, 6) is -1.79. The third kappa shape index (κ3) is 2.91. The molecule has 0 spiro atoms. The lowest BCUT2D eigenvalue weighted by atomic mass is 10.2. The van der Waals surface area contributed by atoms with Crippen LogP contribution in [0.25, 0.3) is 10.9 Å². The Kier molecular flexibility index (Phi) is 3.64. The number of hydrogen-bond donors (Lipinski definition) is 2. The molecular formula is C16H18N2O3. The Morgan fingerprint density at radius 3 is 2.81 bits per heavy atom. The van der Waals surface area contributed by atoms with Crippen molar-refractivity contribution in [2.24, 2.45) is 11.8 Å². The standard InChI is InChI=1S/C16H18N2O3/c19-15(12-10-13(12)16(20)21)17-7-3-8-18-9-6-11-4-1-2-5-14(11)18/h1-2,4-6,9,12-13H,3,7-8,10H2,(H,17,19)(H,20,21)/t12-,13+/m1/s1. The molecule has 3 rings (SSSR count). The number of aromatic nitrogens is 1. The van der Waals surface area contributed by atoms with Gasteiger partial charge in [-0.15, -0.1) is 0 Å². The van der Waals surface area contributed by atoms with Crippen LogP contribution in [0.5, 0.6) is 0 Å². The number of rotatable bonds is 6. The van der Waals surface area contributed by atoms with Gasteiger partial charge in [0.15, 0.2) is 0 Å². The van der Waals surface area contributed by atoms with Crippen LogP contribution >= 0.6 is 0 Å². The second kappa shape index (κ2) is 5.60. The largest absolute Gasteiger partial charge is 0.481 e. The fourth-order valence-electron chi connectivity index (χ4n) is 2.69. The molecule has 2 aromatic rings. The molecule has 1 aromatic carbocycles. The number of carboxylic acids is 1. The number of fused-ring (bicyclic) bond motifs is 1. The van der Waals surface area contributed by atoms with Gasteiger partial charge in [0, 0.05) is 24.8 Å². The minimum Gasteiger partial charge on any atom is -0.481 e. The van der Waals surface area contributed by atoms with E-state index in [1.165, 1.54) is 10.9 Å². The highest BCUT2D eigenvalue weighted by atomic mass is 16.4. The number of carbonyl (C=O) groups is 2. The zero-order chi connectivity index (χ0) is 14.8. The van der Waals surface area contributed by atoms with E-state index in [9.17, 15) is 9.59 Å². The van der Waals surface area contributed by atoms with E-state index in [4.69, 9.17) is 5.11 Å². The summed E-state index contributed by atoms with van der Waals surface area (Å²) in [6.45, 7) is 1.41. The summed E-state index contributed by atoms with van der Waals surface area (Å²) < 4.78 is 2.17. The molecule has 1 saturated carbocycles. The molecule has 0 unspecified atom stereocenters. The Bertz CT molecular complexity index is 677. The maximum atomic E-state index is 11.7. The molecule has 0 saturated heterocycles. The summed E-state index contributed by atoms with van der Waals surface area (Å²) in [4.78, 5) is 22.4. The van der Waals surface area contributed by atoms with Crippen LogP contribution in [0, 0.1) is 11.8 Å². The minimum absolute atomic E-state index is 0.125. The third-order valence-electron chi connectivity index (χ3n) is 4.00. The second-order valence-corrected chi connectivity index (χ2v) is 5.50. The maximum Gasteiger partial charge on any atom is 0.307 e. The summed E-state index contributed by atoms with van der Waals surface area (Å²) in [6, 6.07) is 10.3. The molecule has 1 aromatic heterocycles. The summed E-state index contributed by atoms with van der Waals surface area (Å²) in [6.07, 6.45) is 3.35. The summed E-state index contributed by atoms with van der Waals surface area (Å²) >= 11 is 0. The Labute approximate surface area is 122 Å². The average Bonchev–Trinajstić information content (AvgIpc) is 3.19. The summed E-state index contributed by atoms with van der Waals surface area (Å²) in [5, 5.41) is 12.8. The van der Waals surface area contributed by atoms with Crippen LogP contribution in [0.15, 0.2) is 36.5 Å². The molecule has 0 bridgehead atoms. The highest BCUT2D eigenvalue weighted by molar-refractivity contribution is 5.89. The zero-order valence-electron chi connectivity index (χ0n) is 11.7. The first-order valence-electron chi connectivity index (χ1n) is 7.21. The van der Waals surface area contributed by atoms with Gasteiger partial charge < -0.3 is 15.0 Å². The van der Waals surface area contributed by atoms with Crippen molar-refractivity contribution in [1.82, 2.24) is 9.88 Å². The Morgan fingerprint density at radius 1 is 1.24 bits per heavy atom. The van der Waals surface area contributed by atoms with E-state index in [2.05, 4.69) is 28.1 Å². The van der Waals surface area contributed by atoms with Gasteiger partial charge in [-0.2, -0.15) is 0 Å². The van der Waals surface area contributed by atoms with E-state index in [1.807, 2.05) is 18.3 Å². The van der Waals surface area contributed by atoms with Crippen LogP contribution in [-0.2, 0) is 16.1 Å². The van der Waals surface area contributed by atoms with E-state index in [1.54, 1.807) is 0 Å². The number of nitrogens with zero attached hydrogens (tertiary/aromatic N) is 1. The number of carboxylic acid groups (broad SMARTS) is 1. The number of hydrogen-bond acceptors (Lipinski definition) is 2. The molecule has 1 fully saturated rings. The number of nitrogens with one attached hydrogen (secondary N) is 1. The fraction of sp³-hybridized carbons (Fsp3) is 0.375. The SMILES string of the molecule is O=C(O)[C@H]1C[C@H]1C(=O)NCCCn1ccc2ccccc21. The quantitative estimate of drug-likeness (QED) is 0.796. The van der Waals surface area contributed by atoms with Gasteiger partial charge in [0.1, 0.15) is 0 Å². The van der Waals surface area contributed by atoms with Crippen molar-refractivity contribution in [2.45, 2.75) is 19.4 Å². The first-order chi connectivity index (χ1) is 10.2. The highest BCUT2D eigenvalue weighted by Crippen LogP contribution is 2.38. The van der Waals surface area contributed by atoms with Gasteiger partial charge in [0.05, 0.1) is 11.8 Å². The van der Waals surface area contributed by atoms with Crippen LogP contribution in [0.1, 0.15) is 12.8 Å². The van der Waals surface area contributed by atoms with E-state index in [-0.39, 0.29) is 11.8 Å². The molecule has 2 atom stereocenters. The van der Waals surface area contributed by atoms with Crippen LogP contribution in [-0.4, -0.2) is 28.1 Å². The van der Waals surface area contributed by atoms with Gasteiger partial charge in [-0.1, -0.05) is 18.2 Å². The lowest BCUT2D eigenvalue weighted by molar-refractivity contribution is -0.140. The van der Waals surface area contributed by atoms with Crippen molar-refractivity contribution in [3.63, 3.8) is 0 Å². The number of aryl methyl sites for hydroxylation is 1. The predicted molar refractivity (Wildman–Crippen MR) is 78.8 cm³/mol. The van der Waals surface area contributed by atoms with Crippen molar-refractivity contribution in [3.05, 3.63) is 36.5 Å². The zero-order valence-corrected chi connectivity index (χ0v) is 11.7. The fourth-order valence-corrected chi connectivity index (χ4v) is 2.69. The third-order valence-corrected chi connectivity index (χ3v) is 4.00. The van der Waals surface area contributed by atoms with E-state index in [0.717, 1.165) is 13.0 Å². The lowest BCUT2D eigenvalue weighted by Gasteiger charge is -2.07. The van der Waals surface area contributed by atoms with Crippen molar-refractivity contribution in [1.29, 1.82) is 0 Å². The summed E-state index contributed by atoms with van der Waals surface area (Å²) in [5.41, 5.74) is 1.19. The molecule has 21 heavy (non-hydrogen) atoms. The maximum absolute atomic E-state index is 11.7. The van der Waals surface area contributed by atoms with Gasteiger partial charge in [-0.3, -0.25) is 9.59 Å². The van der Waals surface area contributed by atoms with Crippen molar-refractivity contribution < 1.29 is 14.7 Å². The molecule has 1 amide bonds. The number of benzene rings is 1. The molecule has 2 N–H and O–H groups in total. The van der Waals surface area contributed by atoms with E-state index in [0.29, 0.717) is 13.0 Å². The van der Waals surface area contributed by atoms with Crippen LogP contribution in [0.2, 0.25) is 0 Å². The van der Waals surface area contributed by atoms with Gasteiger partial charge in [0.25, 0.3) is 0 Å². The predicted octanol–water partition coefficient (Wildman–Crippen LogP) is 1.87. The molecule has 0 radical (unpaired) electrons. The Balaban J connectivity index is 1.45. The smallest absolute Gasteiger partial charge is 0.307 e. The Hall–Kier alpha value is -2.30. The minimum atomic E-state index is -0.867. The van der Waals surface area contributed by atoms with E-state index < -0.39 is 11.9 Å². The lowest BCUT2D eigenvalue weighted by Crippen LogP contribution is -2.27. The molecule has 5 heteroatoms.